The molecule has 2 heterocycles. The van der Waals surface area contributed by atoms with Crippen molar-refractivity contribution in [2.24, 2.45) is 12.8 Å². The van der Waals surface area contributed by atoms with Crippen molar-refractivity contribution in [3.63, 3.8) is 0 Å². The minimum absolute atomic E-state index is 0.234. The van der Waals surface area contributed by atoms with E-state index >= 15 is 0 Å². The standard InChI is InChI=1S/C8H9N7OS/c1-15-8(12-13-14-15)17-6-2-4(7(10)16)5(9)3-11-6/h2-3H,9H2,1H3,(H2,10,16). The van der Waals surface area contributed by atoms with E-state index in [4.69, 9.17) is 11.5 Å². The van der Waals surface area contributed by atoms with E-state index < -0.39 is 5.91 Å². The molecule has 1 amide bonds. The molecule has 2 aromatic heterocycles. The van der Waals surface area contributed by atoms with Crippen LogP contribution in [0.2, 0.25) is 0 Å². The molecule has 0 spiro atoms. The summed E-state index contributed by atoms with van der Waals surface area (Å²) in [4.78, 5) is 15.2. The number of rotatable bonds is 3. The number of tetrazole rings is 1. The van der Waals surface area contributed by atoms with Crippen LogP contribution in [0.3, 0.4) is 0 Å². The lowest BCUT2D eigenvalue weighted by Gasteiger charge is -2.03. The van der Waals surface area contributed by atoms with Crippen molar-refractivity contribution < 1.29 is 4.79 Å². The SMILES string of the molecule is Cn1nnnc1Sc1cc(C(N)=O)c(N)cn1. The molecule has 2 aromatic rings. The Morgan fingerprint density at radius 3 is 2.88 bits per heavy atom. The lowest BCUT2D eigenvalue weighted by atomic mass is 10.2. The molecule has 0 unspecified atom stereocenters. The maximum Gasteiger partial charge on any atom is 0.250 e. The van der Waals surface area contributed by atoms with Crippen molar-refractivity contribution in [1.29, 1.82) is 0 Å². The van der Waals surface area contributed by atoms with Crippen LogP contribution in [0.15, 0.2) is 22.4 Å². The van der Waals surface area contributed by atoms with Crippen molar-refractivity contribution in [2.45, 2.75) is 10.2 Å². The highest BCUT2D eigenvalue weighted by Gasteiger charge is 2.11. The monoisotopic (exact) mass is 251 g/mol. The first-order chi connectivity index (χ1) is 8.08. The van der Waals surface area contributed by atoms with E-state index in [2.05, 4.69) is 20.5 Å². The largest absolute Gasteiger partial charge is 0.397 e. The van der Waals surface area contributed by atoms with Crippen LogP contribution in [-0.4, -0.2) is 31.1 Å². The van der Waals surface area contributed by atoms with Gasteiger partial charge >= 0.3 is 0 Å². The molecule has 0 bridgehead atoms. The number of pyridine rings is 1. The molecule has 0 aromatic carbocycles. The smallest absolute Gasteiger partial charge is 0.250 e. The van der Waals surface area contributed by atoms with Crippen LogP contribution in [0, 0.1) is 0 Å². The van der Waals surface area contributed by atoms with E-state index in [0.29, 0.717) is 10.2 Å². The van der Waals surface area contributed by atoms with Crippen LogP contribution in [0.5, 0.6) is 0 Å². The highest BCUT2D eigenvalue weighted by molar-refractivity contribution is 7.99. The van der Waals surface area contributed by atoms with Gasteiger partial charge in [0.2, 0.25) is 5.16 Å². The number of hydrogen-bond acceptors (Lipinski definition) is 7. The number of nitrogens with zero attached hydrogens (tertiary/aromatic N) is 5. The van der Waals surface area contributed by atoms with Crippen molar-refractivity contribution in [3.8, 4) is 0 Å². The number of carbonyl (C=O) groups is 1. The quantitative estimate of drug-likeness (QED) is 0.748. The summed E-state index contributed by atoms with van der Waals surface area (Å²) in [6.45, 7) is 0. The molecule has 17 heavy (non-hydrogen) atoms. The van der Waals surface area contributed by atoms with Gasteiger partial charge < -0.3 is 11.5 Å². The number of primary amides is 1. The molecule has 0 saturated carbocycles. The van der Waals surface area contributed by atoms with E-state index in [1.165, 1.54) is 28.7 Å². The molecule has 8 nitrogen and oxygen atoms in total. The van der Waals surface area contributed by atoms with E-state index in [9.17, 15) is 4.79 Å². The zero-order chi connectivity index (χ0) is 12.4. The molecule has 0 aliphatic heterocycles. The third-order valence-corrected chi connectivity index (χ3v) is 2.91. The van der Waals surface area contributed by atoms with Crippen LogP contribution < -0.4 is 11.5 Å². The van der Waals surface area contributed by atoms with Gasteiger partial charge in [-0.3, -0.25) is 4.79 Å². The molecular formula is C8H9N7OS. The molecule has 0 atom stereocenters. The van der Waals surface area contributed by atoms with Gasteiger partial charge in [-0.15, -0.1) is 5.10 Å². The molecule has 0 fully saturated rings. The Balaban J connectivity index is 2.32. The summed E-state index contributed by atoms with van der Waals surface area (Å²) in [7, 11) is 1.70. The number of nitrogen functional groups attached to an aromatic ring is 1. The summed E-state index contributed by atoms with van der Waals surface area (Å²) in [5.74, 6) is -0.595. The maximum absolute atomic E-state index is 11.1. The van der Waals surface area contributed by atoms with E-state index in [1.54, 1.807) is 7.05 Å². The molecule has 9 heteroatoms. The Kier molecular flexibility index (Phi) is 2.91. The minimum atomic E-state index is -0.595. The van der Waals surface area contributed by atoms with Crippen LogP contribution in [-0.2, 0) is 7.05 Å². The van der Waals surface area contributed by atoms with Crippen LogP contribution >= 0.6 is 11.8 Å². The Hall–Kier alpha value is -2.16. The Morgan fingerprint density at radius 2 is 2.29 bits per heavy atom. The number of amides is 1. The molecule has 0 aliphatic carbocycles. The van der Waals surface area contributed by atoms with E-state index in [0.717, 1.165) is 0 Å². The topological polar surface area (TPSA) is 126 Å². The lowest BCUT2D eigenvalue weighted by molar-refractivity contribution is 0.100. The highest BCUT2D eigenvalue weighted by atomic mass is 32.2. The predicted molar refractivity (Wildman–Crippen MR) is 60.1 cm³/mol. The number of anilines is 1. The molecular weight excluding hydrogens is 242 g/mol. The van der Waals surface area contributed by atoms with Crippen molar-refractivity contribution in [2.75, 3.05) is 5.73 Å². The first kappa shape index (κ1) is 11.3. The van der Waals surface area contributed by atoms with Crippen LogP contribution in [0.4, 0.5) is 5.69 Å². The fourth-order valence-electron chi connectivity index (χ4n) is 1.12. The number of nitrogens with two attached hydrogens (primary N) is 2. The Morgan fingerprint density at radius 1 is 1.53 bits per heavy atom. The summed E-state index contributed by atoms with van der Waals surface area (Å²) < 4.78 is 1.49. The fourth-order valence-corrected chi connectivity index (χ4v) is 1.83. The van der Waals surface area contributed by atoms with Crippen molar-refractivity contribution in [3.05, 3.63) is 17.8 Å². The number of aromatic nitrogens is 5. The summed E-state index contributed by atoms with van der Waals surface area (Å²) >= 11 is 1.21. The zero-order valence-corrected chi connectivity index (χ0v) is 9.68. The van der Waals surface area contributed by atoms with Crippen molar-refractivity contribution >= 4 is 23.4 Å². The summed E-state index contributed by atoms with van der Waals surface area (Å²) in [5.41, 5.74) is 11.2. The molecule has 0 saturated heterocycles. The first-order valence-electron chi connectivity index (χ1n) is 4.53. The first-order valence-corrected chi connectivity index (χ1v) is 5.35. The average Bonchev–Trinajstić information content (AvgIpc) is 2.67. The fraction of sp³-hybridized carbons (Fsp3) is 0.125. The van der Waals surface area contributed by atoms with Crippen molar-refractivity contribution in [1.82, 2.24) is 25.2 Å². The molecule has 0 aliphatic rings. The minimum Gasteiger partial charge on any atom is -0.397 e. The second kappa shape index (κ2) is 4.37. The van der Waals surface area contributed by atoms with Gasteiger partial charge in [-0.25, -0.2) is 9.67 Å². The molecule has 88 valence electrons. The average molecular weight is 251 g/mol. The van der Waals surface area contributed by atoms with Gasteiger partial charge in [0.05, 0.1) is 17.4 Å². The summed E-state index contributed by atoms with van der Waals surface area (Å²) in [5, 5.41) is 12.1. The number of aryl methyl sites for hydroxylation is 1. The molecule has 2 rings (SSSR count). The van der Waals surface area contributed by atoms with Gasteiger partial charge in [-0.05, 0) is 28.3 Å². The van der Waals surface area contributed by atoms with Crippen LogP contribution in [0.1, 0.15) is 10.4 Å². The molecule has 0 radical (unpaired) electrons. The summed E-state index contributed by atoms with van der Waals surface area (Å²) in [6.07, 6.45) is 1.38. The van der Waals surface area contributed by atoms with Gasteiger partial charge in [0.1, 0.15) is 5.03 Å². The van der Waals surface area contributed by atoms with Crippen LogP contribution in [0.25, 0.3) is 0 Å². The predicted octanol–water partition coefficient (Wildman–Crippen LogP) is -0.563. The number of carbonyl (C=O) groups excluding carboxylic acids is 1. The second-order valence-electron chi connectivity index (χ2n) is 3.16. The zero-order valence-electron chi connectivity index (χ0n) is 8.86. The third-order valence-electron chi connectivity index (χ3n) is 1.95. The second-order valence-corrected chi connectivity index (χ2v) is 4.15. The normalized spacial score (nSPS) is 10.4. The highest BCUT2D eigenvalue weighted by Crippen LogP contribution is 2.25. The molecule has 4 N–H and O–H groups in total. The van der Waals surface area contributed by atoms with E-state index in [-0.39, 0.29) is 11.3 Å². The van der Waals surface area contributed by atoms with Gasteiger partial charge in [0.25, 0.3) is 5.91 Å². The third kappa shape index (κ3) is 2.33. The summed E-state index contributed by atoms with van der Waals surface area (Å²) in [6, 6.07) is 1.51. The maximum atomic E-state index is 11.1. The number of hydrogen-bond donors (Lipinski definition) is 2. The lowest BCUT2D eigenvalue weighted by Crippen LogP contribution is -2.14. The van der Waals surface area contributed by atoms with Gasteiger partial charge in [0, 0.05) is 7.05 Å². The van der Waals surface area contributed by atoms with Gasteiger partial charge in [-0.2, -0.15) is 0 Å². The Labute approximate surface area is 100 Å². The van der Waals surface area contributed by atoms with E-state index in [1.807, 2.05) is 0 Å². The van der Waals surface area contributed by atoms with Gasteiger partial charge in [0.15, 0.2) is 0 Å². The Bertz CT molecular complexity index is 567. The van der Waals surface area contributed by atoms with Gasteiger partial charge in [-0.1, -0.05) is 0 Å².